The molecule has 158 valence electrons. The minimum absolute atomic E-state index is 0.0697. The molecule has 1 fully saturated rings. The Kier molecular flexibility index (Phi) is 6.05. The summed E-state index contributed by atoms with van der Waals surface area (Å²) in [4.78, 5) is 17.7. The maximum absolute atomic E-state index is 12.9. The van der Waals surface area contributed by atoms with Crippen LogP contribution in [0.25, 0.3) is 0 Å². The SMILES string of the molecule is N#Cc1ccc(C(F)(F)F)nc1N[C@@H]1CCCN(c2ccc(OC(F)F)cc2)C1=O. The summed E-state index contributed by atoms with van der Waals surface area (Å²) in [6.45, 7) is -2.64. The van der Waals surface area contributed by atoms with Crippen LogP contribution in [0.1, 0.15) is 24.1 Å². The number of carbonyl (C=O) groups is 1. The van der Waals surface area contributed by atoms with Crippen LogP contribution < -0.4 is 15.0 Å². The lowest BCUT2D eigenvalue weighted by atomic mass is 10.0. The number of nitriles is 1. The first-order chi connectivity index (χ1) is 14.2. The van der Waals surface area contributed by atoms with Crippen molar-refractivity contribution >= 4 is 17.4 Å². The zero-order valence-corrected chi connectivity index (χ0v) is 15.3. The van der Waals surface area contributed by atoms with Crippen molar-refractivity contribution in [3.05, 3.63) is 47.7 Å². The molecule has 1 aromatic carbocycles. The Morgan fingerprint density at radius 3 is 2.50 bits per heavy atom. The van der Waals surface area contributed by atoms with Crippen molar-refractivity contribution in [3.63, 3.8) is 0 Å². The van der Waals surface area contributed by atoms with E-state index in [9.17, 15) is 26.7 Å². The second-order valence-corrected chi connectivity index (χ2v) is 6.40. The van der Waals surface area contributed by atoms with Crippen LogP contribution in [-0.4, -0.2) is 30.1 Å². The van der Waals surface area contributed by atoms with E-state index in [1.54, 1.807) is 6.07 Å². The van der Waals surface area contributed by atoms with Gasteiger partial charge in [0.05, 0.1) is 5.56 Å². The van der Waals surface area contributed by atoms with Crippen molar-refractivity contribution in [1.29, 1.82) is 5.26 Å². The van der Waals surface area contributed by atoms with E-state index in [-0.39, 0.29) is 17.1 Å². The van der Waals surface area contributed by atoms with Gasteiger partial charge in [0, 0.05) is 12.2 Å². The fraction of sp³-hybridized carbons (Fsp3) is 0.316. The first kappa shape index (κ1) is 21.3. The summed E-state index contributed by atoms with van der Waals surface area (Å²) in [5, 5.41) is 11.8. The number of pyridine rings is 1. The highest BCUT2D eigenvalue weighted by Gasteiger charge is 2.35. The Bertz CT molecular complexity index is 957. The Hall–Kier alpha value is -3.42. The summed E-state index contributed by atoms with van der Waals surface area (Å²) < 4.78 is 67.6. The smallest absolute Gasteiger partial charge is 0.433 e. The minimum atomic E-state index is -4.70. The third-order valence-electron chi connectivity index (χ3n) is 4.43. The number of hydrogen-bond acceptors (Lipinski definition) is 5. The average molecular weight is 426 g/mol. The number of alkyl halides is 5. The van der Waals surface area contributed by atoms with E-state index < -0.39 is 30.4 Å². The number of ether oxygens (including phenoxy) is 1. The maximum Gasteiger partial charge on any atom is 0.433 e. The van der Waals surface area contributed by atoms with Gasteiger partial charge in [-0.3, -0.25) is 4.79 Å². The van der Waals surface area contributed by atoms with Crippen molar-refractivity contribution in [2.24, 2.45) is 0 Å². The van der Waals surface area contributed by atoms with Crippen LogP contribution in [0.4, 0.5) is 33.5 Å². The molecular formula is C19H15F5N4O2. The van der Waals surface area contributed by atoms with Crippen LogP contribution in [0, 0.1) is 11.3 Å². The van der Waals surface area contributed by atoms with E-state index >= 15 is 0 Å². The lowest BCUT2D eigenvalue weighted by molar-refractivity contribution is -0.141. The summed E-state index contributed by atoms with van der Waals surface area (Å²) >= 11 is 0. The highest BCUT2D eigenvalue weighted by atomic mass is 19.4. The Morgan fingerprint density at radius 2 is 1.90 bits per heavy atom. The van der Waals surface area contributed by atoms with Gasteiger partial charge in [0.1, 0.15) is 29.4 Å². The van der Waals surface area contributed by atoms with Crippen LogP contribution in [0.3, 0.4) is 0 Å². The number of rotatable bonds is 5. The van der Waals surface area contributed by atoms with Gasteiger partial charge in [0.2, 0.25) is 5.91 Å². The normalized spacial score (nSPS) is 17.0. The maximum atomic E-state index is 12.9. The third-order valence-corrected chi connectivity index (χ3v) is 4.43. The molecule has 1 atom stereocenters. The quantitative estimate of drug-likeness (QED) is 0.726. The van der Waals surface area contributed by atoms with Gasteiger partial charge in [-0.15, -0.1) is 0 Å². The summed E-state index contributed by atoms with van der Waals surface area (Å²) in [5.41, 5.74) is -0.884. The van der Waals surface area contributed by atoms with E-state index in [1.165, 1.54) is 29.2 Å². The van der Waals surface area contributed by atoms with Gasteiger partial charge in [0.25, 0.3) is 0 Å². The number of piperidine rings is 1. The van der Waals surface area contributed by atoms with Crippen molar-refractivity contribution < 1.29 is 31.5 Å². The standard InChI is InChI=1S/C19H15F5N4O2/c20-18(21)30-13-6-4-12(5-7-13)28-9-1-2-14(17(28)29)26-16-11(10-25)3-8-15(27-16)19(22,23)24/h3-8,14,18H,1-2,9H2,(H,26,27)/t14-/m1/s1. The van der Waals surface area contributed by atoms with Crippen LogP contribution in [-0.2, 0) is 11.0 Å². The van der Waals surface area contributed by atoms with Gasteiger partial charge in [-0.25, -0.2) is 4.98 Å². The monoisotopic (exact) mass is 426 g/mol. The summed E-state index contributed by atoms with van der Waals surface area (Å²) in [5.74, 6) is -0.834. The highest BCUT2D eigenvalue weighted by molar-refractivity contribution is 5.99. The molecule has 0 radical (unpaired) electrons. The third kappa shape index (κ3) is 4.76. The summed E-state index contributed by atoms with van der Waals surface area (Å²) in [6, 6.07) is 7.97. The number of carbonyl (C=O) groups excluding carboxylic acids is 1. The molecule has 0 spiro atoms. The molecule has 3 rings (SSSR count). The molecule has 2 heterocycles. The fourth-order valence-corrected chi connectivity index (χ4v) is 3.06. The topological polar surface area (TPSA) is 78.2 Å². The Morgan fingerprint density at radius 1 is 1.20 bits per heavy atom. The molecule has 1 aliphatic rings. The number of nitrogens with zero attached hydrogens (tertiary/aromatic N) is 3. The first-order valence-corrected chi connectivity index (χ1v) is 8.80. The van der Waals surface area contributed by atoms with Crippen molar-refractivity contribution in [1.82, 2.24) is 4.98 Å². The van der Waals surface area contributed by atoms with E-state index in [1.807, 2.05) is 0 Å². The highest BCUT2D eigenvalue weighted by Crippen LogP contribution is 2.31. The lowest BCUT2D eigenvalue weighted by Crippen LogP contribution is -2.48. The Balaban J connectivity index is 1.80. The zero-order valence-electron chi connectivity index (χ0n) is 15.3. The number of halogens is 5. The van der Waals surface area contributed by atoms with Crippen molar-refractivity contribution in [3.8, 4) is 11.8 Å². The number of benzene rings is 1. The van der Waals surface area contributed by atoms with E-state index in [4.69, 9.17) is 5.26 Å². The molecule has 0 aliphatic carbocycles. The summed E-state index contributed by atoms with van der Waals surface area (Å²) in [6.07, 6.45) is -3.85. The molecule has 30 heavy (non-hydrogen) atoms. The number of aromatic nitrogens is 1. The largest absolute Gasteiger partial charge is 0.435 e. The minimum Gasteiger partial charge on any atom is -0.435 e. The molecule has 0 bridgehead atoms. The molecule has 1 amide bonds. The number of hydrogen-bond donors (Lipinski definition) is 1. The molecule has 11 heteroatoms. The van der Waals surface area contributed by atoms with Gasteiger partial charge in [0.15, 0.2) is 0 Å². The number of anilines is 2. The molecule has 1 saturated heterocycles. The molecule has 0 saturated carbocycles. The molecule has 1 aliphatic heterocycles. The number of nitrogens with one attached hydrogen (secondary N) is 1. The second kappa shape index (κ2) is 8.52. The van der Waals surface area contributed by atoms with Gasteiger partial charge in [-0.05, 0) is 49.2 Å². The van der Waals surface area contributed by atoms with Crippen LogP contribution >= 0.6 is 0 Å². The van der Waals surface area contributed by atoms with Gasteiger partial charge < -0.3 is 15.0 Å². The lowest BCUT2D eigenvalue weighted by Gasteiger charge is -2.33. The van der Waals surface area contributed by atoms with Gasteiger partial charge in [-0.2, -0.15) is 27.2 Å². The zero-order chi connectivity index (χ0) is 21.9. The fourth-order valence-electron chi connectivity index (χ4n) is 3.06. The van der Waals surface area contributed by atoms with E-state index in [2.05, 4.69) is 15.0 Å². The summed E-state index contributed by atoms with van der Waals surface area (Å²) in [7, 11) is 0. The Labute approximate surface area is 167 Å². The molecule has 6 nitrogen and oxygen atoms in total. The van der Waals surface area contributed by atoms with Crippen LogP contribution in [0.2, 0.25) is 0 Å². The van der Waals surface area contributed by atoms with Crippen LogP contribution in [0.15, 0.2) is 36.4 Å². The number of amides is 1. The van der Waals surface area contributed by atoms with E-state index in [0.29, 0.717) is 31.1 Å². The van der Waals surface area contributed by atoms with Crippen molar-refractivity contribution in [2.45, 2.75) is 31.7 Å². The molecule has 1 aromatic heterocycles. The van der Waals surface area contributed by atoms with Gasteiger partial charge >= 0.3 is 12.8 Å². The predicted molar refractivity (Wildman–Crippen MR) is 96.0 cm³/mol. The molecular weight excluding hydrogens is 411 g/mol. The van der Waals surface area contributed by atoms with Crippen LogP contribution in [0.5, 0.6) is 5.75 Å². The predicted octanol–water partition coefficient (Wildman–Crippen LogP) is 4.18. The molecule has 0 unspecified atom stereocenters. The second-order valence-electron chi connectivity index (χ2n) is 6.40. The van der Waals surface area contributed by atoms with Gasteiger partial charge in [-0.1, -0.05) is 0 Å². The molecule has 2 aromatic rings. The van der Waals surface area contributed by atoms with Crippen molar-refractivity contribution in [2.75, 3.05) is 16.8 Å². The van der Waals surface area contributed by atoms with E-state index in [0.717, 1.165) is 6.07 Å². The first-order valence-electron chi connectivity index (χ1n) is 8.80. The molecule has 1 N–H and O–H groups in total. The average Bonchev–Trinajstić information content (AvgIpc) is 2.69.